The lowest BCUT2D eigenvalue weighted by atomic mass is 9.82. The fraction of sp³-hybridized carbons (Fsp3) is 0.667. The minimum atomic E-state index is -0.0514. The molecular weight excluding hydrogens is 306 g/mol. The third-order valence-electron chi connectivity index (χ3n) is 5.53. The molecule has 3 aliphatic rings. The molecule has 3 aliphatic heterocycles. The molecular formula is C18H25N3O3. The second-order valence-corrected chi connectivity index (χ2v) is 7.25. The number of rotatable bonds is 4. The highest BCUT2D eigenvalue weighted by atomic mass is 16.5. The van der Waals surface area contributed by atoms with E-state index in [9.17, 15) is 4.79 Å². The van der Waals surface area contributed by atoms with Crippen molar-refractivity contribution in [3.63, 3.8) is 0 Å². The van der Waals surface area contributed by atoms with Crippen molar-refractivity contribution in [1.29, 1.82) is 0 Å². The van der Waals surface area contributed by atoms with Crippen LogP contribution in [0.2, 0.25) is 0 Å². The van der Waals surface area contributed by atoms with Crippen LogP contribution in [-0.2, 0) is 16.1 Å². The molecule has 0 radical (unpaired) electrons. The van der Waals surface area contributed by atoms with E-state index >= 15 is 0 Å². The summed E-state index contributed by atoms with van der Waals surface area (Å²) in [5.74, 6) is 0.382. The predicted octanol–water partition coefficient (Wildman–Crippen LogP) is 1.76. The number of hydrogen-bond donors (Lipinski definition) is 0. The van der Waals surface area contributed by atoms with Crippen LogP contribution >= 0.6 is 0 Å². The first-order valence-corrected chi connectivity index (χ1v) is 8.86. The summed E-state index contributed by atoms with van der Waals surface area (Å²) in [6.07, 6.45) is 4.04. The minimum Gasteiger partial charge on any atom is -0.380 e. The Hall–Kier alpha value is -1.66. The maximum atomic E-state index is 12.7. The van der Waals surface area contributed by atoms with Crippen LogP contribution in [0.1, 0.15) is 18.5 Å². The van der Waals surface area contributed by atoms with E-state index in [0.717, 1.165) is 51.3 Å². The molecule has 6 heteroatoms. The highest BCUT2D eigenvalue weighted by molar-refractivity contribution is 5.75. The summed E-state index contributed by atoms with van der Waals surface area (Å²) in [6.45, 7) is 5.89. The van der Waals surface area contributed by atoms with Crippen molar-refractivity contribution in [2.75, 3.05) is 46.0 Å². The number of pyridine rings is 1. The van der Waals surface area contributed by atoms with Crippen LogP contribution < -0.4 is 0 Å². The molecule has 24 heavy (non-hydrogen) atoms. The molecule has 4 rings (SSSR count). The van der Waals surface area contributed by atoms with Gasteiger partial charge in [-0.05, 0) is 25.0 Å². The molecule has 4 heterocycles. The number of carbonyl (C=O) groups is 1. The Morgan fingerprint density at radius 2 is 2.21 bits per heavy atom. The van der Waals surface area contributed by atoms with E-state index in [0.29, 0.717) is 25.7 Å². The van der Waals surface area contributed by atoms with Gasteiger partial charge in [0.2, 0.25) is 0 Å². The van der Waals surface area contributed by atoms with Crippen LogP contribution in [0.25, 0.3) is 0 Å². The van der Waals surface area contributed by atoms with E-state index in [4.69, 9.17) is 9.47 Å². The van der Waals surface area contributed by atoms with Gasteiger partial charge >= 0.3 is 6.03 Å². The van der Waals surface area contributed by atoms with E-state index < -0.39 is 0 Å². The Morgan fingerprint density at radius 3 is 3.00 bits per heavy atom. The molecule has 130 valence electrons. The van der Waals surface area contributed by atoms with E-state index in [2.05, 4.69) is 4.98 Å². The van der Waals surface area contributed by atoms with Gasteiger partial charge in [-0.15, -0.1) is 0 Å². The standard InChI is InChI=1S/C18H25N3O3/c22-17(20-7-3-4-8-20)21-9-15-10-23-13-18(15,12-21)14-24-11-16-5-1-2-6-19-16/h1-2,5-6,15H,3-4,7-14H2/t15-,18+/m0/s1. The lowest BCUT2D eigenvalue weighted by molar-refractivity contribution is 0.0188. The van der Waals surface area contributed by atoms with Crippen LogP contribution in [0.15, 0.2) is 24.4 Å². The molecule has 0 bridgehead atoms. The fourth-order valence-electron chi connectivity index (χ4n) is 4.13. The van der Waals surface area contributed by atoms with E-state index in [-0.39, 0.29) is 11.4 Å². The summed E-state index contributed by atoms with van der Waals surface area (Å²) >= 11 is 0. The molecule has 1 aromatic heterocycles. The molecule has 0 aromatic carbocycles. The monoisotopic (exact) mass is 331 g/mol. The van der Waals surface area contributed by atoms with E-state index in [1.54, 1.807) is 6.20 Å². The first-order valence-electron chi connectivity index (χ1n) is 8.86. The molecule has 0 aliphatic carbocycles. The van der Waals surface area contributed by atoms with Crippen LogP contribution in [0.5, 0.6) is 0 Å². The first kappa shape index (κ1) is 15.8. The van der Waals surface area contributed by atoms with Crippen LogP contribution in [0.3, 0.4) is 0 Å². The Kier molecular flexibility index (Phi) is 4.41. The third-order valence-corrected chi connectivity index (χ3v) is 5.53. The highest BCUT2D eigenvalue weighted by Crippen LogP contribution is 2.42. The van der Waals surface area contributed by atoms with Crippen molar-refractivity contribution in [3.8, 4) is 0 Å². The van der Waals surface area contributed by atoms with E-state index in [1.165, 1.54) is 0 Å². The molecule has 1 aromatic rings. The topological polar surface area (TPSA) is 54.9 Å². The van der Waals surface area contributed by atoms with E-state index in [1.807, 2.05) is 28.0 Å². The Morgan fingerprint density at radius 1 is 1.33 bits per heavy atom. The van der Waals surface area contributed by atoms with Crippen LogP contribution in [0.4, 0.5) is 4.79 Å². The molecule has 6 nitrogen and oxygen atoms in total. The molecule has 0 saturated carbocycles. The van der Waals surface area contributed by atoms with Crippen LogP contribution in [0, 0.1) is 11.3 Å². The minimum absolute atomic E-state index is 0.0514. The van der Waals surface area contributed by atoms with Gasteiger partial charge in [0.1, 0.15) is 0 Å². The fourth-order valence-corrected chi connectivity index (χ4v) is 4.13. The summed E-state index contributed by atoms with van der Waals surface area (Å²) in [6, 6.07) is 6.04. The second kappa shape index (κ2) is 6.69. The van der Waals surface area contributed by atoms with Gasteiger partial charge in [-0.1, -0.05) is 6.07 Å². The largest absolute Gasteiger partial charge is 0.380 e. The van der Waals surface area contributed by atoms with Gasteiger partial charge < -0.3 is 19.3 Å². The summed E-state index contributed by atoms with van der Waals surface area (Å²) in [5, 5.41) is 0. The Bertz CT molecular complexity index is 576. The zero-order chi connectivity index (χ0) is 16.4. The van der Waals surface area contributed by atoms with Crippen molar-refractivity contribution in [2.24, 2.45) is 11.3 Å². The molecule has 0 unspecified atom stereocenters. The summed E-state index contributed by atoms with van der Waals surface area (Å²) in [4.78, 5) is 21.0. The highest BCUT2D eigenvalue weighted by Gasteiger charge is 2.52. The maximum Gasteiger partial charge on any atom is 0.320 e. The number of carbonyl (C=O) groups excluding carboxylic acids is 1. The number of likely N-dealkylation sites (tertiary alicyclic amines) is 2. The van der Waals surface area contributed by atoms with Crippen LogP contribution in [-0.4, -0.2) is 66.8 Å². The van der Waals surface area contributed by atoms with Gasteiger partial charge in [-0.25, -0.2) is 4.79 Å². The normalized spacial score (nSPS) is 29.2. The number of amides is 2. The van der Waals surface area contributed by atoms with Gasteiger partial charge in [0.05, 0.1) is 32.1 Å². The Labute approximate surface area is 142 Å². The van der Waals surface area contributed by atoms with Gasteiger partial charge in [0.15, 0.2) is 0 Å². The Balaban J connectivity index is 1.36. The van der Waals surface area contributed by atoms with Crippen molar-refractivity contribution in [3.05, 3.63) is 30.1 Å². The van der Waals surface area contributed by atoms with Crippen molar-refractivity contribution in [1.82, 2.24) is 14.8 Å². The van der Waals surface area contributed by atoms with Gasteiger partial charge in [0, 0.05) is 43.7 Å². The number of fused-ring (bicyclic) bond motifs is 1. The summed E-state index contributed by atoms with van der Waals surface area (Å²) in [5.41, 5.74) is 0.886. The zero-order valence-electron chi connectivity index (χ0n) is 14.0. The van der Waals surface area contributed by atoms with Gasteiger partial charge in [-0.3, -0.25) is 4.98 Å². The molecule has 0 spiro atoms. The number of hydrogen-bond acceptors (Lipinski definition) is 4. The quantitative estimate of drug-likeness (QED) is 0.844. The number of urea groups is 1. The molecule has 0 N–H and O–H groups in total. The molecule has 3 fully saturated rings. The predicted molar refractivity (Wildman–Crippen MR) is 88.4 cm³/mol. The first-order chi connectivity index (χ1) is 11.8. The van der Waals surface area contributed by atoms with Crippen molar-refractivity contribution >= 4 is 6.03 Å². The second-order valence-electron chi connectivity index (χ2n) is 7.25. The van der Waals surface area contributed by atoms with Gasteiger partial charge in [0.25, 0.3) is 0 Å². The third kappa shape index (κ3) is 3.00. The smallest absolute Gasteiger partial charge is 0.320 e. The summed E-state index contributed by atoms with van der Waals surface area (Å²) < 4.78 is 11.7. The average Bonchev–Trinajstić information content (AvgIpc) is 3.31. The summed E-state index contributed by atoms with van der Waals surface area (Å²) in [7, 11) is 0. The van der Waals surface area contributed by atoms with Crippen molar-refractivity contribution in [2.45, 2.75) is 19.4 Å². The average molecular weight is 331 g/mol. The van der Waals surface area contributed by atoms with Gasteiger partial charge in [-0.2, -0.15) is 0 Å². The molecule has 2 atom stereocenters. The SMILES string of the molecule is O=C(N1CCCC1)N1C[C@H]2COC[C@@]2(COCc2ccccn2)C1. The molecule has 2 amide bonds. The number of nitrogens with zero attached hydrogens (tertiary/aromatic N) is 3. The lowest BCUT2D eigenvalue weighted by Crippen LogP contribution is -2.43. The molecule has 3 saturated heterocycles. The number of aromatic nitrogens is 1. The number of ether oxygens (including phenoxy) is 2. The maximum absolute atomic E-state index is 12.7. The zero-order valence-corrected chi connectivity index (χ0v) is 14.0. The lowest BCUT2D eigenvalue weighted by Gasteiger charge is -2.28. The van der Waals surface area contributed by atoms with Crippen molar-refractivity contribution < 1.29 is 14.3 Å².